The molecule has 162 valence electrons. The van der Waals surface area contributed by atoms with E-state index in [0.29, 0.717) is 12.1 Å². The number of nitrogens with zero attached hydrogens (tertiary/aromatic N) is 3. The number of furan rings is 1. The number of amides is 2. The number of carbonyl (C=O) groups excluding carboxylic acids is 2. The first kappa shape index (κ1) is 21.8. The van der Waals surface area contributed by atoms with Crippen LogP contribution < -0.4 is 0 Å². The van der Waals surface area contributed by atoms with E-state index in [1.807, 2.05) is 0 Å². The monoisotopic (exact) mass is 445 g/mol. The molecule has 0 radical (unpaired) electrons. The van der Waals surface area contributed by atoms with Crippen LogP contribution in [-0.2, 0) is 14.8 Å². The quantitative estimate of drug-likeness (QED) is 0.648. The maximum absolute atomic E-state index is 13.9. The number of sulfonamides is 1. The minimum Gasteiger partial charge on any atom is -0.459 e. The van der Waals surface area contributed by atoms with Gasteiger partial charge in [-0.25, -0.2) is 21.6 Å². The number of hydrogen-bond acceptors (Lipinski definition) is 5. The molecule has 2 heterocycles. The van der Waals surface area contributed by atoms with Gasteiger partial charge in [-0.3, -0.25) is 9.59 Å². The second-order valence-electron chi connectivity index (χ2n) is 6.60. The third kappa shape index (κ3) is 4.19. The van der Waals surface area contributed by atoms with E-state index in [1.165, 1.54) is 29.2 Å². The minimum atomic E-state index is -4.41. The lowest BCUT2D eigenvalue weighted by molar-refractivity contribution is -0.132. The molecule has 1 fully saturated rings. The van der Waals surface area contributed by atoms with Gasteiger partial charge >= 0.3 is 0 Å². The molecule has 1 saturated heterocycles. The highest BCUT2D eigenvalue weighted by molar-refractivity contribution is 7.89. The Hall–Kier alpha value is -2.86. The van der Waals surface area contributed by atoms with Crippen LogP contribution in [0.1, 0.15) is 10.6 Å². The highest BCUT2D eigenvalue weighted by atomic mass is 32.2. The summed E-state index contributed by atoms with van der Waals surface area (Å²) < 4.78 is 71.5. The lowest BCUT2D eigenvalue weighted by Crippen LogP contribution is -2.52. The van der Waals surface area contributed by atoms with Crippen molar-refractivity contribution in [2.24, 2.45) is 0 Å². The summed E-state index contributed by atoms with van der Waals surface area (Å²) in [6.45, 7) is -0.590. The van der Waals surface area contributed by atoms with E-state index in [9.17, 15) is 31.2 Å². The Kier molecular flexibility index (Phi) is 6.17. The van der Waals surface area contributed by atoms with Gasteiger partial charge in [-0.1, -0.05) is 0 Å². The summed E-state index contributed by atoms with van der Waals surface area (Å²) in [5, 5.41) is 0. The summed E-state index contributed by atoms with van der Waals surface area (Å²) in [6, 6.07) is 4.20. The second kappa shape index (κ2) is 8.48. The first-order valence-electron chi connectivity index (χ1n) is 8.83. The molecule has 2 amide bonds. The van der Waals surface area contributed by atoms with Crippen molar-refractivity contribution in [1.82, 2.24) is 14.1 Å². The van der Waals surface area contributed by atoms with Gasteiger partial charge in [0.25, 0.3) is 5.91 Å². The normalized spacial score (nSPS) is 15.3. The van der Waals surface area contributed by atoms with Gasteiger partial charge in [0.2, 0.25) is 15.9 Å². The van der Waals surface area contributed by atoms with Crippen molar-refractivity contribution in [1.29, 1.82) is 0 Å². The lowest BCUT2D eigenvalue weighted by Gasteiger charge is -2.34. The van der Waals surface area contributed by atoms with Gasteiger partial charge in [-0.2, -0.15) is 4.31 Å². The van der Waals surface area contributed by atoms with Crippen LogP contribution in [0.2, 0.25) is 0 Å². The van der Waals surface area contributed by atoms with Gasteiger partial charge < -0.3 is 14.2 Å². The van der Waals surface area contributed by atoms with Crippen LogP contribution in [0.3, 0.4) is 0 Å². The predicted octanol–water partition coefficient (Wildman–Crippen LogP) is 1.30. The highest BCUT2D eigenvalue weighted by Gasteiger charge is 2.34. The van der Waals surface area contributed by atoms with Crippen LogP contribution >= 0.6 is 0 Å². The van der Waals surface area contributed by atoms with Gasteiger partial charge in [-0.15, -0.1) is 0 Å². The first-order valence-corrected chi connectivity index (χ1v) is 10.3. The summed E-state index contributed by atoms with van der Waals surface area (Å²) in [5.41, 5.74) is 0. The SMILES string of the molecule is CN(CC(=O)N1CCN(S(=O)(=O)c2ccc(F)c(F)c2F)CC1)C(=O)c1ccco1. The number of carbonyl (C=O) groups is 2. The molecule has 3 rings (SSSR count). The first-order chi connectivity index (χ1) is 14.1. The minimum absolute atomic E-state index is 0.00780. The molecule has 8 nitrogen and oxygen atoms in total. The summed E-state index contributed by atoms with van der Waals surface area (Å²) in [7, 11) is -2.98. The van der Waals surface area contributed by atoms with Gasteiger partial charge in [0.15, 0.2) is 23.2 Å². The number of rotatable bonds is 5. The molecular formula is C18H18F3N3O5S. The molecule has 2 aromatic rings. The third-order valence-electron chi connectivity index (χ3n) is 4.66. The van der Waals surface area contributed by atoms with Gasteiger partial charge in [-0.05, 0) is 24.3 Å². The molecule has 0 spiro atoms. The van der Waals surface area contributed by atoms with Crippen molar-refractivity contribution in [2.45, 2.75) is 4.90 Å². The second-order valence-corrected chi connectivity index (χ2v) is 8.50. The van der Waals surface area contributed by atoms with Crippen LogP contribution in [-0.4, -0.2) is 74.1 Å². The van der Waals surface area contributed by atoms with Gasteiger partial charge in [0.05, 0.1) is 12.8 Å². The molecule has 1 aliphatic rings. The summed E-state index contributed by atoms with van der Waals surface area (Å²) in [4.78, 5) is 26.1. The maximum atomic E-state index is 13.9. The van der Waals surface area contributed by atoms with Crippen LogP contribution in [0, 0.1) is 17.5 Å². The number of hydrogen-bond donors (Lipinski definition) is 0. The zero-order chi connectivity index (χ0) is 22.1. The van der Waals surface area contributed by atoms with E-state index in [2.05, 4.69) is 0 Å². The Morgan fingerprint density at radius 2 is 1.73 bits per heavy atom. The van der Waals surface area contributed by atoms with Gasteiger partial charge in [0.1, 0.15) is 4.90 Å². The Balaban J connectivity index is 1.62. The zero-order valence-corrected chi connectivity index (χ0v) is 16.7. The van der Waals surface area contributed by atoms with Crippen molar-refractivity contribution in [3.8, 4) is 0 Å². The molecule has 1 aromatic carbocycles. The van der Waals surface area contributed by atoms with Crippen LogP contribution in [0.25, 0.3) is 0 Å². The number of likely N-dealkylation sites (N-methyl/N-ethyl adjacent to an activating group) is 1. The van der Waals surface area contributed by atoms with Gasteiger partial charge in [0, 0.05) is 33.2 Å². The van der Waals surface area contributed by atoms with E-state index in [0.717, 1.165) is 4.31 Å². The van der Waals surface area contributed by atoms with E-state index in [-0.39, 0.29) is 38.5 Å². The van der Waals surface area contributed by atoms with Crippen LogP contribution in [0.5, 0.6) is 0 Å². The van der Waals surface area contributed by atoms with E-state index >= 15 is 0 Å². The number of benzene rings is 1. The highest BCUT2D eigenvalue weighted by Crippen LogP contribution is 2.24. The summed E-state index contributed by atoms with van der Waals surface area (Å²) >= 11 is 0. The van der Waals surface area contributed by atoms with E-state index < -0.39 is 44.2 Å². The van der Waals surface area contributed by atoms with Crippen LogP contribution in [0.4, 0.5) is 13.2 Å². The zero-order valence-electron chi connectivity index (χ0n) is 15.8. The fourth-order valence-electron chi connectivity index (χ4n) is 2.99. The molecule has 0 atom stereocenters. The molecule has 12 heteroatoms. The van der Waals surface area contributed by atoms with Crippen molar-refractivity contribution >= 4 is 21.8 Å². The summed E-state index contributed by atoms with van der Waals surface area (Å²) in [5.74, 6) is -5.96. The number of halogens is 3. The third-order valence-corrected chi connectivity index (χ3v) is 6.58. The largest absolute Gasteiger partial charge is 0.459 e. The molecule has 1 aromatic heterocycles. The fraction of sp³-hybridized carbons (Fsp3) is 0.333. The standard InChI is InChI=1S/C18H18F3N3O5S/c1-22(18(26)13-3-2-10-29-13)11-15(25)23-6-8-24(9-7-23)30(27,28)14-5-4-12(19)16(20)17(14)21/h2-5,10H,6-9,11H2,1H3. The molecule has 0 unspecified atom stereocenters. The molecule has 1 aliphatic heterocycles. The smallest absolute Gasteiger partial charge is 0.289 e. The fourth-order valence-corrected chi connectivity index (χ4v) is 4.47. The van der Waals surface area contributed by atoms with Crippen molar-refractivity contribution < 1.29 is 35.6 Å². The molecule has 0 bridgehead atoms. The van der Waals surface area contributed by atoms with Crippen molar-refractivity contribution in [3.05, 3.63) is 53.7 Å². The topological polar surface area (TPSA) is 91.1 Å². The Bertz CT molecular complexity index is 1050. The molecule has 0 saturated carbocycles. The average Bonchev–Trinajstić information content (AvgIpc) is 3.26. The van der Waals surface area contributed by atoms with Crippen molar-refractivity contribution in [3.63, 3.8) is 0 Å². The van der Waals surface area contributed by atoms with E-state index in [4.69, 9.17) is 4.42 Å². The Labute approximate surface area is 170 Å². The molecule has 30 heavy (non-hydrogen) atoms. The summed E-state index contributed by atoms with van der Waals surface area (Å²) in [6.07, 6.45) is 1.33. The molecule has 0 aliphatic carbocycles. The molecular weight excluding hydrogens is 427 g/mol. The Morgan fingerprint density at radius 1 is 1.07 bits per heavy atom. The maximum Gasteiger partial charge on any atom is 0.289 e. The van der Waals surface area contributed by atoms with Crippen molar-refractivity contribution in [2.75, 3.05) is 39.8 Å². The molecule has 0 N–H and O–H groups in total. The predicted molar refractivity (Wildman–Crippen MR) is 97.3 cm³/mol. The lowest BCUT2D eigenvalue weighted by atomic mass is 10.3. The Morgan fingerprint density at radius 3 is 2.33 bits per heavy atom. The average molecular weight is 445 g/mol. The van der Waals surface area contributed by atoms with E-state index in [1.54, 1.807) is 6.07 Å². The number of piperazine rings is 1. The van der Waals surface area contributed by atoms with Crippen LogP contribution in [0.15, 0.2) is 39.8 Å².